The van der Waals surface area contributed by atoms with E-state index in [0.29, 0.717) is 17.5 Å². The van der Waals surface area contributed by atoms with E-state index >= 15 is 0 Å². The molecule has 3 heterocycles. The van der Waals surface area contributed by atoms with Crippen molar-refractivity contribution in [2.45, 2.75) is 19.8 Å². The molecule has 0 aliphatic rings. The summed E-state index contributed by atoms with van der Waals surface area (Å²) in [6.07, 6.45) is 3.73. The fraction of sp³-hybridized carbons (Fsp3) is 0.286. The predicted molar refractivity (Wildman–Crippen MR) is 77.4 cm³/mol. The van der Waals surface area contributed by atoms with Crippen molar-refractivity contribution in [3.05, 3.63) is 41.7 Å². The Morgan fingerprint density at radius 2 is 2.10 bits per heavy atom. The van der Waals surface area contributed by atoms with Gasteiger partial charge in [0, 0.05) is 30.1 Å². The van der Waals surface area contributed by atoms with Gasteiger partial charge in [-0.1, -0.05) is 5.16 Å². The maximum absolute atomic E-state index is 5.75. The number of rotatable bonds is 3. The molecule has 0 fully saturated rings. The van der Waals surface area contributed by atoms with Gasteiger partial charge in [-0.2, -0.15) is 10.1 Å². The van der Waals surface area contributed by atoms with Gasteiger partial charge in [0.15, 0.2) is 0 Å². The average Bonchev–Trinajstić information content (AvgIpc) is 3.05. The molecule has 108 valence electrons. The Morgan fingerprint density at radius 3 is 2.76 bits per heavy atom. The lowest BCUT2D eigenvalue weighted by atomic mass is 10.1. The van der Waals surface area contributed by atoms with E-state index < -0.39 is 0 Å². The number of hydrogen-bond acceptors (Lipinski definition) is 6. The van der Waals surface area contributed by atoms with Gasteiger partial charge in [-0.3, -0.25) is 4.68 Å². The van der Waals surface area contributed by atoms with Gasteiger partial charge < -0.3 is 10.3 Å². The summed E-state index contributed by atoms with van der Waals surface area (Å²) in [6, 6.07) is 3.61. The number of anilines is 1. The quantitative estimate of drug-likeness (QED) is 0.789. The molecule has 0 aromatic carbocycles. The molecule has 7 nitrogen and oxygen atoms in total. The maximum Gasteiger partial charge on any atom is 0.234 e. The number of nitrogens with zero attached hydrogens (tertiary/aromatic N) is 5. The molecule has 0 aliphatic heterocycles. The first kappa shape index (κ1) is 13.3. The van der Waals surface area contributed by atoms with Gasteiger partial charge >= 0.3 is 0 Å². The lowest BCUT2D eigenvalue weighted by molar-refractivity contribution is 0.371. The van der Waals surface area contributed by atoms with Crippen LogP contribution in [0.15, 0.2) is 29.0 Å². The molecular formula is C14H16N6O. The SMILES string of the molecule is Cc1cc(-c2noc(C(C)c3cnn(C)c3)n2)cc(N)n1. The van der Waals surface area contributed by atoms with E-state index in [4.69, 9.17) is 10.3 Å². The summed E-state index contributed by atoms with van der Waals surface area (Å²) < 4.78 is 7.11. The highest BCUT2D eigenvalue weighted by molar-refractivity contribution is 5.59. The highest BCUT2D eigenvalue weighted by atomic mass is 16.5. The van der Waals surface area contributed by atoms with Crippen LogP contribution >= 0.6 is 0 Å². The van der Waals surface area contributed by atoms with Crippen molar-refractivity contribution in [1.29, 1.82) is 0 Å². The largest absolute Gasteiger partial charge is 0.384 e. The van der Waals surface area contributed by atoms with E-state index in [9.17, 15) is 0 Å². The molecule has 3 aromatic rings. The summed E-state index contributed by atoms with van der Waals surface area (Å²) in [5, 5.41) is 8.18. The topological polar surface area (TPSA) is 95.7 Å². The summed E-state index contributed by atoms with van der Waals surface area (Å²) in [4.78, 5) is 8.58. The van der Waals surface area contributed by atoms with E-state index in [0.717, 1.165) is 16.8 Å². The van der Waals surface area contributed by atoms with Gasteiger partial charge in [0.2, 0.25) is 11.7 Å². The van der Waals surface area contributed by atoms with E-state index in [1.807, 2.05) is 33.2 Å². The van der Waals surface area contributed by atoms with Crippen molar-refractivity contribution in [3.8, 4) is 11.4 Å². The van der Waals surface area contributed by atoms with Gasteiger partial charge in [-0.15, -0.1) is 0 Å². The number of aryl methyl sites for hydroxylation is 2. The van der Waals surface area contributed by atoms with Crippen molar-refractivity contribution in [2.75, 3.05) is 5.73 Å². The molecule has 7 heteroatoms. The lowest BCUT2D eigenvalue weighted by Gasteiger charge is -2.01. The van der Waals surface area contributed by atoms with Crippen LogP contribution < -0.4 is 5.73 Å². The van der Waals surface area contributed by atoms with E-state index in [2.05, 4.69) is 20.2 Å². The Kier molecular flexibility index (Phi) is 3.17. The molecule has 1 unspecified atom stereocenters. The Balaban J connectivity index is 1.92. The third-order valence-electron chi connectivity index (χ3n) is 3.27. The van der Waals surface area contributed by atoms with Crippen LogP contribution in [-0.2, 0) is 7.05 Å². The molecule has 0 radical (unpaired) electrons. The third kappa shape index (κ3) is 2.62. The van der Waals surface area contributed by atoms with Crippen LogP contribution in [0.4, 0.5) is 5.82 Å². The minimum Gasteiger partial charge on any atom is -0.384 e. The summed E-state index contributed by atoms with van der Waals surface area (Å²) >= 11 is 0. The minimum absolute atomic E-state index is 0.0137. The monoisotopic (exact) mass is 284 g/mol. The van der Waals surface area contributed by atoms with Gasteiger partial charge in [0.25, 0.3) is 0 Å². The summed E-state index contributed by atoms with van der Waals surface area (Å²) in [5.74, 6) is 1.49. The molecule has 0 amide bonds. The number of nitrogens with two attached hydrogens (primary N) is 1. The minimum atomic E-state index is -0.0137. The van der Waals surface area contributed by atoms with Crippen LogP contribution in [0.1, 0.15) is 30.0 Å². The summed E-state index contributed by atoms with van der Waals surface area (Å²) in [6.45, 7) is 3.87. The van der Waals surface area contributed by atoms with Crippen molar-refractivity contribution < 1.29 is 4.52 Å². The second-order valence-electron chi connectivity index (χ2n) is 5.05. The molecule has 0 saturated carbocycles. The molecular weight excluding hydrogens is 268 g/mol. The average molecular weight is 284 g/mol. The Labute approximate surface area is 121 Å². The van der Waals surface area contributed by atoms with E-state index in [-0.39, 0.29) is 5.92 Å². The molecule has 2 N–H and O–H groups in total. The zero-order chi connectivity index (χ0) is 15.0. The molecule has 0 aliphatic carbocycles. The second kappa shape index (κ2) is 5.01. The lowest BCUT2D eigenvalue weighted by Crippen LogP contribution is -1.96. The fourth-order valence-electron chi connectivity index (χ4n) is 2.16. The summed E-state index contributed by atoms with van der Waals surface area (Å²) in [5.41, 5.74) is 8.39. The first-order chi connectivity index (χ1) is 10.0. The highest BCUT2D eigenvalue weighted by Crippen LogP contribution is 2.25. The highest BCUT2D eigenvalue weighted by Gasteiger charge is 2.18. The van der Waals surface area contributed by atoms with Crippen LogP contribution in [0.25, 0.3) is 11.4 Å². The molecule has 0 saturated heterocycles. The predicted octanol–water partition coefficient (Wildman–Crippen LogP) is 1.91. The maximum atomic E-state index is 5.75. The number of hydrogen-bond donors (Lipinski definition) is 1. The van der Waals surface area contributed by atoms with Crippen molar-refractivity contribution >= 4 is 5.82 Å². The number of nitrogen functional groups attached to an aromatic ring is 1. The van der Waals surface area contributed by atoms with E-state index in [1.54, 1.807) is 16.9 Å². The van der Waals surface area contributed by atoms with Crippen LogP contribution in [0.2, 0.25) is 0 Å². The molecule has 1 atom stereocenters. The number of aromatic nitrogens is 5. The van der Waals surface area contributed by atoms with Crippen molar-refractivity contribution in [2.24, 2.45) is 7.05 Å². The van der Waals surface area contributed by atoms with Gasteiger partial charge in [-0.05, 0) is 26.0 Å². The van der Waals surface area contributed by atoms with Gasteiger partial charge in [-0.25, -0.2) is 4.98 Å². The first-order valence-corrected chi connectivity index (χ1v) is 6.59. The van der Waals surface area contributed by atoms with Crippen molar-refractivity contribution in [1.82, 2.24) is 24.9 Å². The van der Waals surface area contributed by atoms with Crippen LogP contribution in [0.5, 0.6) is 0 Å². The van der Waals surface area contributed by atoms with Crippen LogP contribution in [0, 0.1) is 6.92 Å². The molecule has 3 aromatic heterocycles. The number of pyridine rings is 1. The zero-order valence-corrected chi connectivity index (χ0v) is 12.1. The molecule has 0 spiro atoms. The Morgan fingerprint density at radius 1 is 1.29 bits per heavy atom. The molecule has 3 rings (SSSR count). The smallest absolute Gasteiger partial charge is 0.234 e. The normalized spacial score (nSPS) is 12.5. The van der Waals surface area contributed by atoms with E-state index in [1.165, 1.54) is 0 Å². The Hall–Kier alpha value is -2.70. The van der Waals surface area contributed by atoms with Gasteiger partial charge in [0.05, 0.1) is 12.1 Å². The van der Waals surface area contributed by atoms with Crippen molar-refractivity contribution in [3.63, 3.8) is 0 Å². The van der Waals surface area contributed by atoms with Crippen LogP contribution in [0.3, 0.4) is 0 Å². The molecule has 0 bridgehead atoms. The standard InChI is InChI=1S/C14H16N6O/c1-8-4-10(5-12(15)17-8)13-18-14(21-19-13)9(2)11-6-16-20(3)7-11/h4-7,9H,1-3H3,(H2,15,17). The summed E-state index contributed by atoms with van der Waals surface area (Å²) in [7, 11) is 1.87. The Bertz CT molecular complexity index is 755. The zero-order valence-electron chi connectivity index (χ0n) is 12.1. The second-order valence-corrected chi connectivity index (χ2v) is 5.05. The van der Waals surface area contributed by atoms with Gasteiger partial charge in [0.1, 0.15) is 5.82 Å². The molecule has 21 heavy (non-hydrogen) atoms. The van der Waals surface area contributed by atoms with Crippen LogP contribution in [-0.4, -0.2) is 24.9 Å². The first-order valence-electron chi connectivity index (χ1n) is 6.59. The fourth-order valence-corrected chi connectivity index (χ4v) is 2.16. The third-order valence-corrected chi connectivity index (χ3v) is 3.27.